The van der Waals surface area contributed by atoms with Gasteiger partial charge in [-0.15, -0.1) is 0 Å². The van der Waals surface area contributed by atoms with Gasteiger partial charge in [0.25, 0.3) is 0 Å². The standard InChI is InChI=1S/C16H16O4/c1-3-19-15(17)13-10-14(16(18)20-4-2)12-9-7-5-6-8-11(12)13/h5-10H,3-4H2,1-2H3. The maximum atomic E-state index is 12.0. The van der Waals surface area contributed by atoms with Crippen LogP contribution in [-0.2, 0) is 9.47 Å². The van der Waals surface area contributed by atoms with Crippen molar-refractivity contribution in [2.75, 3.05) is 13.2 Å². The first kappa shape index (κ1) is 14.1. The topological polar surface area (TPSA) is 52.6 Å². The van der Waals surface area contributed by atoms with Crippen LogP contribution in [-0.4, -0.2) is 25.2 Å². The normalized spacial score (nSPS) is 10.3. The maximum absolute atomic E-state index is 12.0. The lowest BCUT2D eigenvalue weighted by Gasteiger charge is -2.02. The largest absolute Gasteiger partial charge is 0.462 e. The van der Waals surface area contributed by atoms with Crippen LogP contribution in [0.1, 0.15) is 34.6 Å². The van der Waals surface area contributed by atoms with E-state index >= 15 is 0 Å². The molecule has 0 atom stereocenters. The van der Waals surface area contributed by atoms with Crippen molar-refractivity contribution in [3.63, 3.8) is 0 Å². The highest BCUT2D eigenvalue weighted by atomic mass is 16.5. The van der Waals surface area contributed by atoms with Crippen LogP contribution in [0.25, 0.3) is 11.1 Å². The molecule has 4 heteroatoms. The van der Waals surface area contributed by atoms with Crippen molar-refractivity contribution in [1.29, 1.82) is 0 Å². The van der Waals surface area contributed by atoms with Gasteiger partial charge in [0.2, 0.25) is 0 Å². The van der Waals surface area contributed by atoms with Gasteiger partial charge in [-0.1, -0.05) is 30.3 Å². The molecule has 0 aromatic carbocycles. The van der Waals surface area contributed by atoms with Crippen LogP contribution in [0.4, 0.5) is 0 Å². The quantitative estimate of drug-likeness (QED) is 0.802. The fourth-order valence-corrected chi connectivity index (χ4v) is 2.07. The van der Waals surface area contributed by atoms with Crippen LogP contribution in [0, 0.1) is 0 Å². The first-order valence-corrected chi connectivity index (χ1v) is 6.55. The van der Waals surface area contributed by atoms with Gasteiger partial charge in [0.1, 0.15) is 0 Å². The van der Waals surface area contributed by atoms with E-state index in [1.807, 2.05) is 18.2 Å². The number of rotatable bonds is 4. The Morgan fingerprint density at radius 3 is 1.70 bits per heavy atom. The monoisotopic (exact) mass is 272 g/mol. The molecule has 0 saturated carbocycles. The first-order chi connectivity index (χ1) is 9.69. The number of ether oxygens (including phenoxy) is 2. The summed E-state index contributed by atoms with van der Waals surface area (Å²) in [6.07, 6.45) is 0. The van der Waals surface area contributed by atoms with Gasteiger partial charge in [-0.3, -0.25) is 0 Å². The second-order valence-electron chi connectivity index (χ2n) is 4.15. The molecule has 0 radical (unpaired) electrons. The molecule has 0 aromatic heterocycles. The lowest BCUT2D eigenvalue weighted by Crippen LogP contribution is -2.05. The molecule has 0 spiro atoms. The molecule has 104 valence electrons. The molecule has 20 heavy (non-hydrogen) atoms. The lowest BCUT2D eigenvalue weighted by atomic mass is 10.1. The highest BCUT2D eigenvalue weighted by molar-refractivity contribution is 6.07. The summed E-state index contributed by atoms with van der Waals surface area (Å²) in [6, 6.07) is 10.6. The van der Waals surface area contributed by atoms with Gasteiger partial charge in [-0.05, 0) is 31.0 Å². The molecule has 0 saturated heterocycles. The SMILES string of the molecule is CCOC(=O)c1cc(C(=O)OCC)c2cccccc1-2. The molecule has 0 unspecified atom stereocenters. The van der Waals surface area contributed by atoms with E-state index in [2.05, 4.69) is 0 Å². The lowest BCUT2D eigenvalue weighted by molar-refractivity contribution is 0.0525. The van der Waals surface area contributed by atoms with E-state index < -0.39 is 11.9 Å². The Morgan fingerprint density at radius 1 is 0.850 bits per heavy atom. The average Bonchev–Trinajstić information content (AvgIpc) is 2.62. The Kier molecular flexibility index (Phi) is 4.35. The second kappa shape index (κ2) is 6.19. The summed E-state index contributed by atoms with van der Waals surface area (Å²) in [5.41, 5.74) is 2.16. The van der Waals surface area contributed by atoms with Gasteiger partial charge in [0.05, 0.1) is 24.3 Å². The van der Waals surface area contributed by atoms with Crippen LogP contribution in [0.5, 0.6) is 0 Å². The van der Waals surface area contributed by atoms with Crippen molar-refractivity contribution < 1.29 is 19.1 Å². The van der Waals surface area contributed by atoms with E-state index in [4.69, 9.17) is 9.47 Å². The van der Waals surface area contributed by atoms with Crippen molar-refractivity contribution >= 4 is 11.9 Å². The number of esters is 2. The van der Waals surface area contributed by atoms with Crippen LogP contribution in [0.15, 0.2) is 36.4 Å². The maximum Gasteiger partial charge on any atom is 0.338 e. The van der Waals surface area contributed by atoms with Crippen molar-refractivity contribution in [1.82, 2.24) is 0 Å². The van der Waals surface area contributed by atoms with Crippen molar-refractivity contribution in [2.45, 2.75) is 13.8 Å². The minimum absolute atomic E-state index is 0.291. The Labute approximate surface area is 117 Å². The van der Waals surface area contributed by atoms with E-state index in [0.717, 1.165) is 0 Å². The molecule has 0 aliphatic heterocycles. The predicted molar refractivity (Wildman–Crippen MR) is 75.0 cm³/mol. The number of hydrogen-bond donors (Lipinski definition) is 0. The van der Waals surface area contributed by atoms with Crippen LogP contribution >= 0.6 is 0 Å². The predicted octanol–water partition coefficient (Wildman–Crippen LogP) is 3.14. The summed E-state index contributed by atoms with van der Waals surface area (Å²) in [4.78, 5) is 24.0. The van der Waals surface area contributed by atoms with Gasteiger partial charge < -0.3 is 9.47 Å². The molecule has 2 aliphatic rings. The Morgan fingerprint density at radius 2 is 1.30 bits per heavy atom. The summed E-state index contributed by atoms with van der Waals surface area (Å²) in [5, 5.41) is 0. The molecule has 0 aromatic rings. The fourth-order valence-electron chi connectivity index (χ4n) is 2.07. The highest BCUT2D eigenvalue weighted by Crippen LogP contribution is 2.32. The minimum atomic E-state index is -0.431. The first-order valence-electron chi connectivity index (χ1n) is 6.55. The van der Waals surface area contributed by atoms with Gasteiger partial charge in [0.15, 0.2) is 0 Å². The summed E-state index contributed by atoms with van der Waals surface area (Å²) >= 11 is 0. The molecule has 0 amide bonds. The van der Waals surface area contributed by atoms with Crippen LogP contribution in [0.2, 0.25) is 0 Å². The molecule has 0 heterocycles. The zero-order valence-corrected chi connectivity index (χ0v) is 11.5. The smallest absolute Gasteiger partial charge is 0.338 e. The zero-order valence-electron chi connectivity index (χ0n) is 11.5. The van der Waals surface area contributed by atoms with Crippen LogP contribution in [0.3, 0.4) is 0 Å². The Bertz CT molecular complexity index is 554. The minimum Gasteiger partial charge on any atom is -0.462 e. The molecular weight excluding hydrogens is 256 g/mol. The molecule has 0 N–H and O–H groups in total. The molecule has 0 bridgehead atoms. The highest BCUT2D eigenvalue weighted by Gasteiger charge is 2.24. The third-order valence-electron chi connectivity index (χ3n) is 2.90. The number of hydrogen-bond acceptors (Lipinski definition) is 4. The number of carbonyl (C=O) groups is 2. The molecule has 2 aliphatic carbocycles. The second-order valence-corrected chi connectivity index (χ2v) is 4.15. The summed E-state index contributed by atoms with van der Waals surface area (Å²) < 4.78 is 10.1. The van der Waals surface area contributed by atoms with E-state index in [0.29, 0.717) is 35.5 Å². The molecule has 0 fully saturated rings. The van der Waals surface area contributed by atoms with E-state index in [9.17, 15) is 9.59 Å². The van der Waals surface area contributed by atoms with E-state index in [1.54, 1.807) is 32.0 Å². The molecule has 4 nitrogen and oxygen atoms in total. The van der Waals surface area contributed by atoms with Crippen LogP contribution < -0.4 is 0 Å². The van der Waals surface area contributed by atoms with Gasteiger partial charge in [0, 0.05) is 0 Å². The summed E-state index contributed by atoms with van der Waals surface area (Å²) in [6.45, 7) is 4.07. The summed E-state index contributed by atoms with van der Waals surface area (Å²) in [7, 11) is 0. The number of carbonyl (C=O) groups excluding carboxylic acids is 2. The third kappa shape index (κ3) is 2.64. The zero-order chi connectivity index (χ0) is 14.5. The van der Waals surface area contributed by atoms with Crippen molar-refractivity contribution in [2.24, 2.45) is 0 Å². The third-order valence-corrected chi connectivity index (χ3v) is 2.90. The molecule has 2 rings (SSSR count). The average molecular weight is 272 g/mol. The van der Waals surface area contributed by atoms with E-state index in [-0.39, 0.29) is 0 Å². The molecular formula is C16H16O4. The van der Waals surface area contributed by atoms with Gasteiger partial charge >= 0.3 is 11.9 Å². The Hall–Kier alpha value is -2.36. The van der Waals surface area contributed by atoms with Gasteiger partial charge in [-0.2, -0.15) is 0 Å². The Balaban J connectivity index is 2.55. The fraction of sp³-hybridized carbons (Fsp3) is 0.250. The van der Waals surface area contributed by atoms with Gasteiger partial charge in [-0.25, -0.2) is 9.59 Å². The number of fused-ring (bicyclic) bond motifs is 1. The van der Waals surface area contributed by atoms with Crippen molar-refractivity contribution in [3.8, 4) is 11.1 Å². The summed E-state index contributed by atoms with van der Waals surface area (Å²) in [5.74, 6) is -0.863. The van der Waals surface area contributed by atoms with E-state index in [1.165, 1.54) is 0 Å². The van der Waals surface area contributed by atoms with Crippen molar-refractivity contribution in [3.05, 3.63) is 47.5 Å².